The van der Waals surface area contributed by atoms with E-state index in [1.54, 1.807) is 28.2 Å². The molecule has 2 heterocycles. The molecule has 1 N–H and O–H groups in total. The summed E-state index contributed by atoms with van der Waals surface area (Å²) in [4.78, 5) is 24.1. The Balaban J connectivity index is 1.28. The van der Waals surface area contributed by atoms with Crippen LogP contribution in [-0.2, 0) is 17.6 Å². The van der Waals surface area contributed by atoms with Gasteiger partial charge in [-0.25, -0.2) is 4.98 Å². The van der Waals surface area contributed by atoms with Crippen LogP contribution in [0.2, 0.25) is 0 Å². The van der Waals surface area contributed by atoms with Crippen LogP contribution in [0.15, 0.2) is 46.8 Å². The molecule has 1 fully saturated rings. The van der Waals surface area contributed by atoms with Crippen molar-refractivity contribution in [2.45, 2.75) is 42.9 Å². The highest BCUT2D eigenvalue weighted by atomic mass is 32.2. The number of benzene rings is 1. The lowest BCUT2D eigenvalue weighted by atomic mass is 10.0. The third-order valence-electron chi connectivity index (χ3n) is 5.70. The fourth-order valence-electron chi connectivity index (χ4n) is 3.80. The molecule has 1 amide bonds. The van der Waals surface area contributed by atoms with Crippen LogP contribution in [0, 0.1) is 12.8 Å². The van der Waals surface area contributed by atoms with Crippen molar-refractivity contribution in [3.8, 4) is 11.3 Å². The van der Waals surface area contributed by atoms with Gasteiger partial charge in [0, 0.05) is 30.8 Å². The zero-order chi connectivity index (χ0) is 20.7. The second-order valence-corrected chi connectivity index (χ2v) is 10.1. The van der Waals surface area contributed by atoms with Crippen molar-refractivity contribution in [3.63, 3.8) is 0 Å². The fourth-order valence-corrected chi connectivity index (χ4v) is 5.80. The second-order valence-electron chi connectivity index (χ2n) is 8.06. The monoisotopic (exact) mass is 436 g/mol. The van der Waals surface area contributed by atoms with Crippen molar-refractivity contribution >= 4 is 34.3 Å². The van der Waals surface area contributed by atoms with Gasteiger partial charge >= 0.3 is 0 Å². The van der Waals surface area contributed by atoms with Gasteiger partial charge in [-0.05, 0) is 73.9 Å². The number of aryl methyl sites for hydroxylation is 1. The summed E-state index contributed by atoms with van der Waals surface area (Å²) in [5.74, 6) is 0.111. The van der Waals surface area contributed by atoms with Crippen LogP contribution >= 0.6 is 23.3 Å². The Hall–Kier alpha value is -2.22. The van der Waals surface area contributed by atoms with Crippen molar-refractivity contribution < 1.29 is 4.79 Å². The molecule has 7 heteroatoms. The van der Waals surface area contributed by atoms with Crippen molar-refractivity contribution in [1.29, 1.82) is 0 Å². The zero-order valence-electron chi connectivity index (χ0n) is 17.1. The molecule has 0 bridgehead atoms. The maximum atomic E-state index is 13.2. The summed E-state index contributed by atoms with van der Waals surface area (Å²) in [5.41, 5.74) is 5.58. The first-order valence-electron chi connectivity index (χ1n) is 10.3. The van der Waals surface area contributed by atoms with E-state index < -0.39 is 0 Å². The molecule has 30 heavy (non-hydrogen) atoms. The highest BCUT2D eigenvalue weighted by molar-refractivity contribution is 7.99. The number of hydrogen-bond donors (Lipinski definition) is 1. The molecule has 0 saturated heterocycles. The van der Waals surface area contributed by atoms with E-state index in [2.05, 4.69) is 32.9 Å². The van der Waals surface area contributed by atoms with Gasteiger partial charge in [-0.15, -0.1) is 0 Å². The number of carbonyl (C=O) groups is 1. The number of nitrogens with zero attached hydrogens (tertiary/aromatic N) is 3. The van der Waals surface area contributed by atoms with Crippen LogP contribution in [0.5, 0.6) is 0 Å². The third kappa shape index (κ3) is 4.02. The van der Waals surface area contributed by atoms with Crippen LogP contribution < -0.4 is 9.62 Å². The van der Waals surface area contributed by atoms with Gasteiger partial charge in [0.25, 0.3) is 0 Å². The molecule has 1 atom stereocenters. The van der Waals surface area contributed by atoms with Gasteiger partial charge < -0.3 is 0 Å². The average Bonchev–Trinajstić information content (AvgIpc) is 3.38. The number of amides is 1. The minimum absolute atomic E-state index is 0.0334. The minimum atomic E-state index is -0.0334. The summed E-state index contributed by atoms with van der Waals surface area (Å²) in [5, 5.41) is 0.780. The first-order chi connectivity index (χ1) is 14.6. The van der Waals surface area contributed by atoms with Crippen molar-refractivity contribution in [3.05, 3.63) is 59.4 Å². The summed E-state index contributed by atoms with van der Waals surface area (Å²) in [6.07, 6.45) is 5.87. The number of pyridine rings is 1. The van der Waals surface area contributed by atoms with Gasteiger partial charge in [-0.1, -0.05) is 29.5 Å². The molecule has 5 rings (SSSR count). The van der Waals surface area contributed by atoms with Crippen LogP contribution in [0.4, 0.5) is 5.13 Å². The second kappa shape index (κ2) is 8.13. The third-order valence-corrected chi connectivity index (χ3v) is 8.17. The highest BCUT2D eigenvalue weighted by Crippen LogP contribution is 2.36. The predicted molar refractivity (Wildman–Crippen MR) is 123 cm³/mol. The quantitative estimate of drug-likeness (QED) is 0.570. The summed E-state index contributed by atoms with van der Waals surface area (Å²) in [6, 6.07) is 13.0. The van der Waals surface area contributed by atoms with Crippen LogP contribution in [0.3, 0.4) is 0 Å². The molecule has 3 aromatic rings. The number of fused-ring (bicyclic) bond motifs is 1. The first kappa shape index (κ1) is 19.7. The van der Waals surface area contributed by atoms with Crippen molar-refractivity contribution in [2.75, 3.05) is 11.9 Å². The molecular formula is C23H24N4OS2. The number of hydrogen-bond acceptors (Lipinski definition) is 6. The summed E-state index contributed by atoms with van der Waals surface area (Å²) in [7, 11) is 1.85. The molecular weight excluding hydrogens is 412 g/mol. The first-order valence-corrected chi connectivity index (χ1v) is 11.9. The molecule has 0 aliphatic heterocycles. The summed E-state index contributed by atoms with van der Waals surface area (Å²) in [6.45, 7) is 2.01. The van der Waals surface area contributed by atoms with E-state index >= 15 is 0 Å². The number of rotatable bonds is 6. The van der Waals surface area contributed by atoms with Crippen LogP contribution in [0.25, 0.3) is 11.3 Å². The molecule has 1 saturated carbocycles. The molecule has 1 aromatic carbocycles. The predicted octanol–water partition coefficient (Wildman–Crippen LogP) is 4.65. The largest absolute Gasteiger partial charge is 0.291 e. The van der Waals surface area contributed by atoms with Crippen LogP contribution in [-0.4, -0.2) is 29.0 Å². The molecule has 2 aliphatic rings. The molecule has 154 valence electrons. The molecule has 0 radical (unpaired) electrons. The number of thiazole rings is 1. The topological polar surface area (TPSA) is 58.1 Å². The Morgan fingerprint density at radius 1 is 1.20 bits per heavy atom. The highest BCUT2D eigenvalue weighted by Gasteiger charge is 2.31. The zero-order valence-corrected chi connectivity index (χ0v) is 18.7. The van der Waals surface area contributed by atoms with Crippen molar-refractivity contribution in [1.82, 2.24) is 14.7 Å². The SMILES string of the molecule is Cc1nc(N(C)C(=O)C2Cc3ccc(-c4ccccn4)cc3C2)sc1SNC1CC1. The Bertz CT molecular complexity index is 1080. The maximum Gasteiger partial charge on any atom is 0.232 e. The summed E-state index contributed by atoms with van der Waals surface area (Å²) >= 11 is 3.25. The Labute approximate surface area is 185 Å². The molecule has 0 spiro atoms. The van der Waals surface area contributed by atoms with Gasteiger partial charge in [0.05, 0.1) is 11.4 Å². The van der Waals surface area contributed by atoms with Crippen molar-refractivity contribution in [2.24, 2.45) is 5.92 Å². The molecule has 5 nitrogen and oxygen atoms in total. The smallest absolute Gasteiger partial charge is 0.232 e. The van der Waals surface area contributed by atoms with Gasteiger partial charge in [-0.2, -0.15) is 0 Å². The lowest BCUT2D eigenvalue weighted by Crippen LogP contribution is -2.33. The van der Waals surface area contributed by atoms with E-state index in [-0.39, 0.29) is 11.8 Å². The van der Waals surface area contributed by atoms with E-state index in [0.29, 0.717) is 6.04 Å². The molecule has 1 unspecified atom stereocenters. The summed E-state index contributed by atoms with van der Waals surface area (Å²) < 4.78 is 4.60. The Morgan fingerprint density at radius 2 is 2.03 bits per heavy atom. The van der Waals surface area contributed by atoms with Gasteiger partial charge in [-0.3, -0.25) is 19.4 Å². The Kier molecular flexibility index (Phi) is 5.35. The van der Waals surface area contributed by atoms with E-state index in [1.165, 1.54) is 24.0 Å². The maximum absolute atomic E-state index is 13.2. The lowest BCUT2D eigenvalue weighted by molar-refractivity contribution is -0.121. The van der Waals surface area contributed by atoms with E-state index in [1.807, 2.05) is 38.4 Å². The Morgan fingerprint density at radius 3 is 2.80 bits per heavy atom. The van der Waals surface area contributed by atoms with E-state index in [4.69, 9.17) is 0 Å². The van der Waals surface area contributed by atoms with E-state index in [9.17, 15) is 4.79 Å². The number of aromatic nitrogens is 2. The molecule has 2 aromatic heterocycles. The van der Waals surface area contributed by atoms with Gasteiger partial charge in [0.2, 0.25) is 5.91 Å². The number of nitrogens with one attached hydrogen (secondary N) is 1. The number of carbonyl (C=O) groups excluding carboxylic acids is 1. The van der Waals surface area contributed by atoms with Gasteiger partial charge in [0.1, 0.15) is 4.21 Å². The van der Waals surface area contributed by atoms with Crippen LogP contribution in [0.1, 0.15) is 29.7 Å². The fraction of sp³-hybridized carbons (Fsp3) is 0.348. The standard InChI is InChI=1S/C23H24N4OS2/c1-14-22(30-26-19-8-9-19)29-23(25-14)27(2)21(28)18-11-15-6-7-16(12-17(15)13-18)20-5-3-4-10-24-20/h3-7,10,12,18-19,26H,8-9,11,13H2,1-2H3. The van der Waals surface area contributed by atoms with Gasteiger partial charge in [0.15, 0.2) is 5.13 Å². The normalized spacial score (nSPS) is 17.7. The minimum Gasteiger partial charge on any atom is -0.291 e. The number of anilines is 1. The van der Waals surface area contributed by atoms with E-state index in [0.717, 1.165) is 39.1 Å². The lowest BCUT2D eigenvalue weighted by Gasteiger charge is -2.18. The molecule has 2 aliphatic carbocycles. The average molecular weight is 437 g/mol.